The van der Waals surface area contributed by atoms with E-state index in [9.17, 15) is 22.4 Å². The third kappa shape index (κ3) is 3.09. The second-order valence-electron chi connectivity index (χ2n) is 5.15. The predicted octanol–water partition coefficient (Wildman–Crippen LogP) is 4.47. The van der Waals surface area contributed by atoms with Crippen LogP contribution in [0.15, 0.2) is 46.3 Å². The quantitative estimate of drug-likeness (QED) is 0.764. The number of allylic oxidation sites excluding steroid dienone is 7. The van der Waals surface area contributed by atoms with Gasteiger partial charge in [0.15, 0.2) is 0 Å². The summed E-state index contributed by atoms with van der Waals surface area (Å²) in [4.78, 5) is 10.9. The van der Waals surface area contributed by atoms with Gasteiger partial charge in [-0.3, -0.25) is 0 Å². The average Bonchev–Trinajstić information content (AvgIpc) is 2.39. The minimum atomic E-state index is -4.50. The molecule has 0 radical (unpaired) electrons. The molecule has 1 N–H and O–H groups in total. The zero-order valence-electron chi connectivity index (χ0n) is 11.3. The molecule has 6 heteroatoms. The standard InChI is InChI=1S/C15H14F4O2/c1-8-6-11(14(20)21)13(16)7-10(8)9-4-2-3-5-12(9)15(17,18)19/h4-5,7-8H,2-3,6H2,1H3,(H,20,21). The van der Waals surface area contributed by atoms with E-state index in [0.29, 0.717) is 12.8 Å². The Morgan fingerprint density at radius 3 is 2.48 bits per heavy atom. The lowest BCUT2D eigenvalue weighted by Gasteiger charge is -2.27. The first-order chi connectivity index (χ1) is 9.71. The second-order valence-corrected chi connectivity index (χ2v) is 5.15. The first-order valence-electron chi connectivity index (χ1n) is 6.53. The van der Waals surface area contributed by atoms with Crippen LogP contribution in [0, 0.1) is 5.92 Å². The Kier molecular flexibility index (Phi) is 4.07. The average molecular weight is 302 g/mol. The van der Waals surface area contributed by atoms with E-state index in [0.717, 1.165) is 12.2 Å². The maximum atomic E-state index is 13.8. The molecule has 0 aromatic rings. The summed E-state index contributed by atoms with van der Waals surface area (Å²) in [5.74, 6) is -2.83. The lowest BCUT2D eigenvalue weighted by Crippen LogP contribution is -2.21. The Morgan fingerprint density at radius 2 is 1.90 bits per heavy atom. The van der Waals surface area contributed by atoms with Crippen LogP contribution in [0.2, 0.25) is 0 Å². The van der Waals surface area contributed by atoms with Crippen molar-refractivity contribution in [1.29, 1.82) is 0 Å². The number of carbonyl (C=O) groups is 1. The fraction of sp³-hybridized carbons (Fsp3) is 0.400. The van der Waals surface area contributed by atoms with Gasteiger partial charge in [0.05, 0.1) is 11.1 Å². The molecular formula is C15H14F4O2. The van der Waals surface area contributed by atoms with Gasteiger partial charge in [-0.25, -0.2) is 9.18 Å². The van der Waals surface area contributed by atoms with Crippen molar-refractivity contribution >= 4 is 5.97 Å². The van der Waals surface area contributed by atoms with Crippen molar-refractivity contribution < 1.29 is 27.5 Å². The van der Waals surface area contributed by atoms with Gasteiger partial charge in [0.25, 0.3) is 0 Å². The first-order valence-corrected chi connectivity index (χ1v) is 6.53. The largest absolute Gasteiger partial charge is 0.478 e. The molecule has 0 bridgehead atoms. The molecule has 114 valence electrons. The van der Waals surface area contributed by atoms with E-state index in [-0.39, 0.29) is 23.1 Å². The van der Waals surface area contributed by atoms with Crippen LogP contribution in [-0.4, -0.2) is 17.3 Å². The van der Waals surface area contributed by atoms with E-state index in [1.54, 1.807) is 6.92 Å². The number of hydrogen-bond donors (Lipinski definition) is 1. The molecule has 21 heavy (non-hydrogen) atoms. The molecule has 1 unspecified atom stereocenters. The summed E-state index contributed by atoms with van der Waals surface area (Å²) in [6.07, 6.45) is -0.389. The van der Waals surface area contributed by atoms with Gasteiger partial charge in [-0.05, 0) is 42.4 Å². The summed E-state index contributed by atoms with van der Waals surface area (Å²) in [7, 11) is 0. The van der Waals surface area contributed by atoms with Gasteiger partial charge < -0.3 is 5.11 Å². The van der Waals surface area contributed by atoms with E-state index in [2.05, 4.69) is 0 Å². The normalized spacial score (nSPS) is 23.5. The highest BCUT2D eigenvalue weighted by Crippen LogP contribution is 2.43. The van der Waals surface area contributed by atoms with Crippen LogP contribution in [0.25, 0.3) is 0 Å². The molecule has 0 heterocycles. The summed E-state index contributed by atoms with van der Waals surface area (Å²) < 4.78 is 52.9. The van der Waals surface area contributed by atoms with Crippen LogP contribution in [0.1, 0.15) is 26.2 Å². The number of hydrogen-bond acceptors (Lipinski definition) is 1. The molecular weight excluding hydrogens is 288 g/mol. The molecule has 2 rings (SSSR count). The fourth-order valence-electron chi connectivity index (χ4n) is 2.63. The van der Waals surface area contributed by atoms with E-state index in [4.69, 9.17) is 5.11 Å². The number of alkyl halides is 3. The summed E-state index contributed by atoms with van der Waals surface area (Å²) >= 11 is 0. The highest BCUT2D eigenvalue weighted by Gasteiger charge is 2.39. The molecule has 1 atom stereocenters. The van der Waals surface area contributed by atoms with Gasteiger partial charge in [-0.15, -0.1) is 0 Å². The van der Waals surface area contributed by atoms with Gasteiger partial charge in [0.2, 0.25) is 0 Å². The summed E-state index contributed by atoms with van der Waals surface area (Å²) in [6.45, 7) is 1.60. The maximum absolute atomic E-state index is 13.8. The van der Waals surface area contributed by atoms with E-state index in [1.165, 1.54) is 6.08 Å². The molecule has 2 nitrogen and oxygen atoms in total. The second kappa shape index (κ2) is 5.50. The maximum Gasteiger partial charge on any atom is 0.416 e. The van der Waals surface area contributed by atoms with Gasteiger partial charge in [0, 0.05) is 0 Å². The number of halogens is 4. The summed E-state index contributed by atoms with van der Waals surface area (Å²) in [5.41, 5.74) is -0.972. The highest BCUT2D eigenvalue weighted by molar-refractivity contribution is 5.88. The Balaban J connectivity index is 2.46. The fourth-order valence-corrected chi connectivity index (χ4v) is 2.63. The third-order valence-corrected chi connectivity index (χ3v) is 3.64. The Bertz CT molecular complexity index is 591. The van der Waals surface area contributed by atoms with E-state index in [1.807, 2.05) is 0 Å². The zero-order chi connectivity index (χ0) is 15.8. The van der Waals surface area contributed by atoms with Crippen LogP contribution < -0.4 is 0 Å². The molecule has 0 aromatic heterocycles. The minimum Gasteiger partial charge on any atom is -0.478 e. The SMILES string of the molecule is CC1CC(C(=O)O)=C(F)C=C1C1=CCCC=C1C(F)(F)F. The molecule has 0 fully saturated rings. The number of carboxylic acid groups (broad SMARTS) is 1. The lowest BCUT2D eigenvalue weighted by atomic mass is 9.79. The topological polar surface area (TPSA) is 37.3 Å². The Hall–Kier alpha value is -1.85. The monoisotopic (exact) mass is 302 g/mol. The van der Waals surface area contributed by atoms with Crippen molar-refractivity contribution in [3.63, 3.8) is 0 Å². The van der Waals surface area contributed by atoms with Gasteiger partial charge in [-0.1, -0.05) is 19.1 Å². The summed E-state index contributed by atoms with van der Waals surface area (Å²) in [6, 6.07) is 0. The molecule has 0 aromatic carbocycles. The van der Waals surface area contributed by atoms with Crippen molar-refractivity contribution in [2.24, 2.45) is 5.92 Å². The van der Waals surface area contributed by atoms with Crippen LogP contribution in [0.3, 0.4) is 0 Å². The van der Waals surface area contributed by atoms with Crippen molar-refractivity contribution in [3.05, 3.63) is 46.3 Å². The van der Waals surface area contributed by atoms with Gasteiger partial charge in [-0.2, -0.15) is 13.2 Å². The van der Waals surface area contributed by atoms with Crippen LogP contribution in [-0.2, 0) is 4.79 Å². The predicted molar refractivity (Wildman–Crippen MR) is 69.1 cm³/mol. The number of carboxylic acids is 1. The van der Waals surface area contributed by atoms with Crippen molar-refractivity contribution in [3.8, 4) is 0 Å². The number of aliphatic carboxylic acids is 1. The molecule has 0 aliphatic heterocycles. The Labute approximate surface area is 119 Å². The van der Waals surface area contributed by atoms with Crippen LogP contribution >= 0.6 is 0 Å². The minimum absolute atomic E-state index is 0.0270. The molecule has 2 aliphatic rings. The van der Waals surface area contributed by atoms with E-state index >= 15 is 0 Å². The molecule has 0 spiro atoms. The molecule has 0 saturated carbocycles. The van der Waals surface area contributed by atoms with Gasteiger partial charge >= 0.3 is 12.1 Å². The van der Waals surface area contributed by atoms with Crippen LogP contribution in [0.5, 0.6) is 0 Å². The zero-order valence-corrected chi connectivity index (χ0v) is 11.3. The highest BCUT2D eigenvalue weighted by atomic mass is 19.4. The van der Waals surface area contributed by atoms with Gasteiger partial charge in [0.1, 0.15) is 5.83 Å². The molecule has 2 aliphatic carbocycles. The van der Waals surface area contributed by atoms with Crippen LogP contribution in [0.4, 0.5) is 17.6 Å². The van der Waals surface area contributed by atoms with Crippen molar-refractivity contribution in [2.45, 2.75) is 32.4 Å². The van der Waals surface area contributed by atoms with E-state index < -0.39 is 29.5 Å². The third-order valence-electron chi connectivity index (χ3n) is 3.64. The lowest BCUT2D eigenvalue weighted by molar-refractivity contribution is -0.133. The Morgan fingerprint density at radius 1 is 1.29 bits per heavy atom. The smallest absolute Gasteiger partial charge is 0.416 e. The summed E-state index contributed by atoms with van der Waals surface area (Å²) in [5, 5.41) is 8.87. The first kappa shape index (κ1) is 15.5. The van der Waals surface area contributed by atoms with Crippen molar-refractivity contribution in [1.82, 2.24) is 0 Å². The number of rotatable bonds is 2. The molecule has 0 saturated heterocycles. The van der Waals surface area contributed by atoms with Crippen molar-refractivity contribution in [2.75, 3.05) is 0 Å². The molecule has 0 amide bonds.